The highest BCUT2D eigenvalue weighted by Gasteiger charge is 2.14. The molecule has 1 rings (SSSR count). The van der Waals surface area contributed by atoms with Crippen molar-refractivity contribution in [1.82, 2.24) is 0 Å². The molecule has 0 aromatic heterocycles. The predicted molar refractivity (Wildman–Crippen MR) is 61.7 cm³/mol. The van der Waals surface area contributed by atoms with Gasteiger partial charge in [-0.3, -0.25) is 0 Å². The van der Waals surface area contributed by atoms with Gasteiger partial charge in [-0.05, 0) is 30.7 Å². The Hall–Kier alpha value is -0.480. The lowest BCUT2D eigenvalue weighted by molar-refractivity contribution is 0.164. The maximum Gasteiger partial charge on any atom is 0.0705 e. The summed E-state index contributed by atoms with van der Waals surface area (Å²) in [6.07, 6.45) is -0.638. The molecule has 0 saturated heterocycles. The molecule has 0 saturated carbocycles. The molecule has 0 bridgehead atoms. The quantitative estimate of drug-likeness (QED) is 0.686. The van der Waals surface area contributed by atoms with E-state index < -0.39 is 12.1 Å². The lowest BCUT2D eigenvalue weighted by atomic mass is 10.0. The SMILES string of the molecule is C[C@H](O)[C@H](N)c1cc(Cl)ccc1N.Cl. The van der Waals surface area contributed by atoms with Crippen molar-refractivity contribution in [1.29, 1.82) is 0 Å². The topological polar surface area (TPSA) is 72.3 Å². The van der Waals surface area contributed by atoms with Crippen LogP contribution < -0.4 is 11.5 Å². The van der Waals surface area contributed by atoms with Crippen LogP contribution in [-0.4, -0.2) is 11.2 Å². The molecule has 2 atom stereocenters. The van der Waals surface area contributed by atoms with Crippen molar-refractivity contribution in [3.05, 3.63) is 28.8 Å². The van der Waals surface area contributed by atoms with Gasteiger partial charge in [0.25, 0.3) is 0 Å². The number of hydrogen-bond donors (Lipinski definition) is 3. The average Bonchev–Trinajstić information content (AvgIpc) is 2.08. The molecule has 0 spiro atoms. The van der Waals surface area contributed by atoms with E-state index in [0.717, 1.165) is 0 Å². The summed E-state index contributed by atoms with van der Waals surface area (Å²) in [4.78, 5) is 0. The summed E-state index contributed by atoms with van der Waals surface area (Å²) < 4.78 is 0. The molecule has 0 amide bonds. The summed E-state index contributed by atoms with van der Waals surface area (Å²) >= 11 is 5.77. The van der Waals surface area contributed by atoms with Crippen LogP contribution in [0.1, 0.15) is 18.5 Å². The maximum atomic E-state index is 9.27. The van der Waals surface area contributed by atoms with Crippen LogP contribution in [0, 0.1) is 0 Å². The highest BCUT2D eigenvalue weighted by Crippen LogP contribution is 2.24. The van der Waals surface area contributed by atoms with Crippen LogP contribution in [0.5, 0.6) is 0 Å². The number of nitrogens with two attached hydrogens (primary N) is 2. The molecule has 5 heteroatoms. The lowest BCUT2D eigenvalue weighted by Gasteiger charge is -2.17. The Kier molecular flexibility index (Phi) is 5.23. The van der Waals surface area contributed by atoms with Crippen molar-refractivity contribution in [3.63, 3.8) is 0 Å². The second-order valence-corrected chi connectivity index (χ2v) is 3.48. The van der Waals surface area contributed by atoms with Crippen LogP contribution in [0.3, 0.4) is 0 Å². The predicted octanol–water partition coefficient (Wildman–Crippen LogP) is 1.72. The molecule has 3 nitrogen and oxygen atoms in total. The van der Waals surface area contributed by atoms with E-state index in [1.54, 1.807) is 25.1 Å². The molecule has 14 heavy (non-hydrogen) atoms. The zero-order chi connectivity index (χ0) is 10.0. The Bertz CT molecular complexity index is 305. The molecule has 0 fully saturated rings. The minimum absolute atomic E-state index is 0. The Balaban J connectivity index is 0.00000169. The van der Waals surface area contributed by atoms with Crippen LogP contribution in [0.4, 0.5) is 5.69 Å². The molecule has 0 radical (unpaired) electrons. The van der Waals surface area contributed by atoms with Crippen molar-refractivity contribution in [2.75, 3.05) is 5.73 Å². The van der Waals surface area contributed by atoms with Crippen molar-refractivity contribution < 1.29 is 5.11 Å². The van der Waals surface area contributed by atoms with E-state index in [1.165, 1.54) is 0 Å². The highest BCUT2D eigenvalue weighted by atomic mass is 35.5. The molecule has 1 aromatic carbocycles. The summed E-state index contributed by atoms with van der Waals surface area (Å²) in [5.74, 6) is 0. The Morgan fingerprint density at radius 1 is 1.43 bits per heavy atom. The fraction of sp³-hybridized carbons (Fsp3) is 0.333. The summed E-state index contributed by atoms with van der Waals surface area (Å²) in [6, 6.07) is 4.56. The Labute approximate surface area is 94.5 Å². The number of halogens is 2. The van der Waals surface area contributed by atoms with Gasteiger partial charge in [-0.15, -0.1) is 12.4 Å². The second-order valence-electron chi connectivity index (χ2n) is 3.04. The summed E-state index contributed by atoms with van der Waals surface area (Å²) in [7, 11) is 0. The van der Waals surface area contributed by atoms with E-state index >= 15 is 0 Å². The van der Waals surface area contributed by atoms with Crippen LogP contribution in [0.25, 0.3) is 0 Å². The summed E-state index contributed by atoms with van der Waals surface area (Å²) in [5, 5.41) is 9.84. The van der Waals surface area contributed by atoms with Gasteiger partial charge in [0.1, 0.15) is 0 Å². The monoisotopic (exact) mass is 236 g/mol. The van der Waals surface area contributed by atoms with Crippen LogP contribution in [-0.2, 0) is 0 Å². The van der Waals surface area contributed by atoms with Crippen molar-refractivity contribution >= 4 is 29.7 Å². The van der Waals surface area contributed by atoms with Crippen LogP contribution in [0.2, 0.25) is 5.02 Å². The van der Waals surface area contributed by atoms with E-state index in [9.17, 15) is 5.11 Å². The minimum Gasteiger partial charge on any atom is -0.398 e. The normalized spacial score (nSPS) is 14.3. The van der Waals surface area contributed by atoms with Gasteiger partial charge >= 0.3 is 0 Å². The van der Waals surface area contributed by atoms with Gasteiger partial charge < -0.3 is 16.6 Å². The number of hydrogen-bond acceptors (Lipinski definition) is 3. The molecular weight excluding hydrogens is 223 g/mol. The molecule has 0 heterocycles. The van der Waals surface area contributed by atoms with E-state index in [4.69, 9.17) is 23.1 Å². The third kappa shape index (κ3) is 3.03. The van der Waals surface area contributed by atoms with E-state index in [1.807, 2.05) is 0 Å². The van der Waals surface area contributed by atoms with Crippen molar-refractivity contribution in [3.8, 4) is 0 Å². The molecule has 80 valence electrons. The number of nitrogen functional groups attached to an aromatic ring is 1. The van der Waals surface area contributed by atoms with Gasteiger partial charge in [-0.1, -0.05) is 11.6 Å². The van der Waals surface area contributed by atoms with Crippen molar-refractivity contribution in [2.45, 2.75) is 19.1 Å². The van der Waals surface area contributed by atoms with E-state index in [-0.39, 0.29) is 12.4 Å². The number of aliphatic hydroxyl groups excluding tert-OH is 1. The standard InChI is InChI=1S/C9H13ClN2O.ClH/c1-5(13)9(12)7-4-6(10)2-3-8(7)11;/h2-5,9,13H,11-12H2,1H3;1H/t5-,9-;/m0./s1. The first kappa shape index (κ1) is 13.5. The smallest absolute Gasteiger partial charge is 0.0705 e. The second kappa shape index (κ2) is 5.41. The first-order valence-electron chi connectivity index (χ1n) is 4.01. The zero-order valence-electron chi connectivity index (χ0n) is 7.77. The van der Waals surface area contributed by atoms with Gasteiger partial charge in [-0.25, -0.2) is 0 Å². The molecule has 0 aliphatic carbocycles. The molecule has 0 aliphatic rings. The number of rotatable bonds is 2. The third-order valence-electron chi connectivity index (χ3n) is 1.93. The van der Waals surface area contributed by atoms with Crippen LogP contribution in [0.15, 0.2) is 18.2 Å². The van der Waals surface area contributed by atoms with E-state index in [2.05, 4.69) is 0 Å². The molecule has 0 unspecified atom stereocenters. The van der Waals surface area contributed by atoms with Gasteiger partial charge in [0, 0.05) is 10.7 Å². The maximum absolute atomic E-state index is 9.27. The number of anilines is 1. The van der Waals surface area contributed by atoms with Crippen LogP contribution >= 0.6 is 24.0 Å². The first-order chi connectivity index (χ1) is 6.02. The third-order valence-corrected chi connectivity index (χ3v) is 2.16. The summed E-state index contributed by atoms with van der Waals surface area (Å²) in [5.41, 5.74) is 12.6. The number of aliphatic hydroxyl groups is 1. The average molecular weight is 237 g/mol. The summed E-state index contributed by atoms with van der Waals surface area (Å²) in [6.45, 7) is 1.62. The largest absolute Gasteiger partial charge is 0.398 e. The molecule has 0 aliphatic heterocycles. The van der Waals surface area contributed by atoms with Crippen molar-refractivity contribution in [2.24, 2.45) is 5.73 Å². The van der Waals surface area contributed by atoms with Gasteiger partial charge in [0.05, 0.1) is 12.1 Å². The Morgan fingerprint density at radius 2 is 2.00 bits per heavy atom. The zero-order valence-corrected chi connectivity index (χ0v) is 9.35. The van der Waals surface area contributed by atoms with Gasteiger partial charge in [0.15, 0.2) is 0 Å². The fourth-order valence-electron chi connectivity index (χ4n) is 1.09. The van der Waals surface area contributed by atoms with Gasteiger partial charge in [-0.2, -0.15) is 0 Å². The first-order valence-corrected chi connectivity index (χ1v) is 4.38. The molecule has 1 aromatic rings. The minimum atomic E-state index is -0.638. The van der Waals surface area contributed by atoms with E-state index in [0.29, 0.717) is 16.3 Å². The lowest BCUT2D eigenvalue weighted by Crippen LogP contribution is -2.24. The molecular formula is C9H14Cl2N2O. The number of benzene rings is 1. The highest BCUT2D eigenvalue weighted by molar-refractivity contribution is 6.30. The fourth-order valence-corrected chi connectivity index (χ4v) is 1.27. The Morgan fingerprint density at radius 3 is 2.50 bits per heavy atom. The molecule has 5 N–H and O–H groups in total. The van der Waals surface area contributed by atoms with Gasteiger partial charge in [0.2, 0.25) is 0 Å².